The number of carbonyl (C=O) groups excluding carboxylic acids is 1. The molecule has 0 aliphatic carbocycles. The van der Waals surface area contributed by atoms with E-state index in [4.69, 9.17) is 9.15 Å². The number of hydrogen-bond donors (Lipinski definition) is 0. The number of aryl methyl sites for hydroxylation is 2. The first-order chi connectivity index (χ1) is 13.0. The molecule has 0 bridgehead atoms. The molecule has 0 fully saturated rings. The van der Waals surface area contributed by atoms with E-state index in [-0.39, 0.29) is 5.89 Å². The van der Waals surface area contributed by atoms with Gasteiger partial charge in [-0.2, -0.15) is 0 Å². The number of pyridine rings is 1. The van der Waals surface area contributed by atoms with E-state index in [2.05, 4.69) is 15.2 Å². The maximum atomic E-state index is 12.8. The van der Waals surface area contributed by atoms with Gasteiger partial charge in [0, 0.05) is 5.39 Å². The monoisotopic (exact) mass is 379 g/mol. The number of hydrogen-bond acceptors (Lipinski definition) is 7. The lowest BCUT2D eigenvalue weighted by Gasteiger charge is -2.14. The Hall–Kier alpha value is -3.06. The summed E-state index contributed by atoms with van der Waals surface area (Å²) in [7, 11) is 0. The van der Waals surface area contributed by atoms with Crippen molar-refractivity contribution in [2.75, 3.05) is 0 Å². The summed E-state index contributed by atoms with van der Waals surface area (Å²) in [6.45, 7) is 5.42. The average molecular weight is 379 g/mol. The Morgan fingerprint density at radius 1 is 1.15 bits per heavy atom. The minimum absolute atomic E-state index is 0.260. The molecule has 1 atom stereocenters. The van der Waals surface area contributed by atoms with Crippen molar-refractivity contribution in [1.82, 2.24) is 15.2 Å². The van der Waals surface area contributed by atoms with Crippen molar-refractivity contribution in [2.24, 2.45) is 0 Å². The number of esters is 1. The predicted octanol–water partition coefficient (Wildman–Crippen LogP) is 4.88. The van der Waals surface area contributed by atoms with Crippen LogP contribution in [0.4, 0.5) is 0 Å². The molecule has 27 heavy (non-hydrogen) atoms. The second-order valence-electron chi connectivity index (χ2n) is 6.18. The van der Waals surface area contributed by atoms with Gasteiger partial charge in [0.2, 0.25) is 0 Å². The molecule has 1 aromatic carbocycles. The van der Waals surface area contributed by atoms with Crippen LogP contribution in [0.15, 0.2) is 46.2 Å². The van der Waals surface area contributed by atoms with Crippen LogP contribution in [0, 0.1) is 13.8 Å². The van der Waals surface area contributed by atoms with Crippen LogP contribution < -0.4 is 0 Å². The third-order valence-electron chi connectivity index (χ3n) is 4.34. The van der Waals surface area contributed by atoms with Gasteiger partial charge in [0.05, 0.1) is 21.7 Å². The SMILES string of the molecule is Cc1nc2ccccc2c(C)c1C(=O)OC(C)c1nnc(-c2cccs2)o1. The van der Waals surface area contributed by atoms with E-state index in [1.165, 1.54) is 11.3 Å². The molecule has 0 spiro atoms. The largest absolute Gasteiger partial charge is 0.449 e. The highest BCUT2D eigenvalue weighted by Gasteiger charge is 2.23. The van der Waals surface area contributed by atoms with Crippen molar-refractivity contribution < 1.29 is 13.9 Å². The maximum Gasteiger partial charge on any atom is 0.341 e. The number of fused-ring (bicyclic) bond motifs is 1. The lowest BCUT2D eigenvalue weighted by atomic mass is 10.0. The Morgan fingerprint density at radius 2 is 1.96 bits per heavy atom. The van der Waals surface area contributed by atoms with Crippen molar-refractivity contribution in [3.8, 4) is 10.8 Å². The van der Waals surface area contributed by atoms with Crippen molar-refractivity contribution in [1.29, 1.82) is 0 Å². The van der Waals surface area contributed by atoms with Crippen molar-refractivity contribution in [3.63, 3.8) is 0 Å². The Labute approximate surface area is 159 Å². The molecule has 0 amide bonds. The Bertz CT molecular complexity index is 1120. The van der Waals surface area contributed by atoms with E-state index in [9.17, 15) is 4.79 Å². The van der Waals surface area contributed by atoms with Crippen molar-refractivity contribution in [2.45, 2.75) is 26.9 Å². The third-order valence-corrected chi connectivity index (χ3v) is 5.20. The van der Waals surface area contributed by atoms with Gasteiger partial charge in [-0.25, -0.2) is 4.79 Å². The second kappa shape index (κ2) is 6.92. The van der Waals surface area contributed by atoms with Crippen LogP contribution in [0.3, 0.4) is 0 Å². The number of para-hydroxylation sites is 1. The van der Waals surface area contributed by atoms with E-state index in [0.29, 0.717) is 17.1 Å². The van der Waals surface area contributed by atoms with Crippen LogP contribution in [0.5, 0.6) is 0 Å². The van der Waals surface area contributed by atoms with Crippen LogP contribution in [-0.2, 0) is 4.74 Å². The smallest absolute Gasteiger partial charge is 0.341 e. The van der Waals surface area contributed by atoms with Crippen molar-refractivity contribution >= 4 is 28.2 Å². The first-order valence-electron chi connectivity index (χ1n) is 8.49. The summed E-state index contributed by atoms with van der Waals surface area (Å²) in [6, 6.07) is 11.5. The molecule has 0 aliphatic heterocycles. The third kappa shape index (κ3) is 3.21. The minimum Gasteiger partial charge on any atom is -0.449 e. The van der Waals surface area contributed by atoms with Gasteiger partial charge in [0.25, 0.3) is 11.8 Å². The summed E-state index contributed by atoms with van der Waals surface area (Å²) < 4.78 is 11.2. The highest BCUT2D eigenvalue weighted by atomic mass is 32.1. The molecule has 1 unspecified atom stereocenters. The van der Waals surface area contributed by atoms with E-state index in [0.717, 1.165) is 21.3 Å². The molecule has 0 radical (unpaired) electrons. The Morgan fingerprint density at radius 3 is 2.74 bits per heavy atom. The topological polar surface area (TPSA) is 78.1 Å². The van der Waals surface area contributed by atoms with Gasteiger partial charge in [-0.15, -0.1) is 21.5 Å². The molecule has 7 heteroatoms. The van der Waals surface area contributed by atoms with Crippen molar-refractivity contribution in [3.05, 3.63) is 64.5 Å². The number of ether oxygens (including phenoxy) is 1. The van der Waals surface area contributed by atoms with Crippen LogP contribution in [0.25, 0.3) is 21.7 Å². The molecule has 136 valence electrons. The standard InChI is InChI=1S/C20H17N3O3S/c1-11-14-7-4-5-8-15(14)21-12(2)17(11)20(24)25-13(3)18-22-23-19(26-18)16-9-6-10-27-16/h4-10,13H,1-3H3. The summed E-state index contributed by atoms with van der Waals surface area (Å²) >= 11 is 1.50. The highest BCUT2D eigenvalue weighted by Crippen LogP contribution is 2.28. The van der Waals surface area contributed by atoms with Gasteiger partial charge in [-0.1, -0.05) is 24.3 Å². The fraction of sp³-hybridized carbons (Fsp3) is 0.200. The number of aromatic nitrogens is 3. The second-order valence-corrected chi connectivity index (χ2v) is 7.13. The zero-order chi connectivity index (χ0) is 19.0. The molecule has 4 rings (SSSR count). The molecular weight excluding hydrogens is 362 g/mol. The zero-order valence-electron chi connectivity index (χ0n) is 15.1. The fourth-order valence-electron chi connectivity index (χ4n) is 3.00. The van der Waals surface area contributed by atoms with Gasteiger partial charge in [-0.05, 0) is 43.8 Å². The summed E-state index contributed by atoms with van der Waals surface area (Å²) in [6.07, 6.45) is -0.663. The number of nitrogens with zero attached hydrogens (tertiary/aromatic N) is 3. The van der Waals surface area contributed by atoms with E-state index >= 15 is 0 Å². The minimum atomic E-state index is -0.663. The first-order valence-corrected chi connectivity index (χ1v) is 9.36. The number of thiophene rings is 1. The quantitative estimate of drug-likeness (QED) is 0.470. The van der Waals surface area contributed by atoms with E-state index in [1.54, 1.807) is 6.92 Å². The molecule has 6 nitrogen and oxygen atoms in total. The molecule has 3 aromatic heterocycles. The lowest BCUT2D eigenvalue weighted by molar-refractivity contribution is 0.0278. The number of benzene rings is 1. The predicted molar refractivity (Wildman–Crippen MR) is 103 cm³/mol. The summed E-state index contributed by atoms with van der Waals surface area (Å²) in [5.41, 5.74) is 2.81. The molecule has 0 saturated heterocycles. The zero-order valence-corrected chi connectivity index (χ0v) is 15.9. The molecule has 4 aromatic rings. The molecular formula is C20H17N3O3S. The van der Waals surface area contributed by atoms with Crippen LogP contribution in [0.1, 0.15) is 40.5 Å². The molecule has 0 saturated carbocycles. The lowest BCUT2D eigenvalue weighted by Crippen LogP contribution is -2.13. The summed E-state index contributed by atoms with van der Waals surface area (Å²) in [4.78, 5) is 18.2. The normalized spacial score (nSPS) is 12.3. The van der Waals surface area contributed by atoms with Gasteiger partial charge >= 0.3 is 5.97 Å². The Kier molecular flexibility index (Phi) is 4.45. The summed E-state index contributed by atoms with van der Waals surface area (Å²) in [5, 5.41) is 10.9. The number of carbonyl (C=O) groups is 1. The molecule has 0 N–H and O–H groups in total. The van der Waals surface area contributed by atoms with Crippen LogP contribution in [0.2, 0.25) is 0 Å². The van der Waals surface area contributed by atoms with Crippen LogP contribution in [-0.4, -0.2) is 21.2 Å². The van der Waals surface area contributed by atoms with Gasteiger partial charge in [-0.3, -0.25) is 4.98 Å². The number of rotatable bonds is 4. The van der Waals surface area contributed by atoms with E-state index in [1.807, 2.05) is 55.6 Å². The average Bonchev–Trinajstić information content (AvgIpc) is 3.33. The summed E-state index contributed by atoms with van der Waals surface area (Å²) in [5.74, 6) is 0.227. The van der Waals surface area contributed by atoms with Gasteiger partial charge in [0.15, 0.2) is 6.10 Å². The van der Waals surface area contributed by atoms with Gasteiger partial charge in [0.1, 0.15) is 0 Å². The Balaban J connectivity index is 1.60. The molecule has 3 heterocycles. The van der Waals surface area contributed by atoms with Crippen LogP contribution >= 0.6 is 11.3 Å². The van der Waals surface area contributed by atoms with E-state index < -0.39 is 12.1 Å². The fourth-order valence-corrected chi connectivity index (χ4v) is 3.64. The highest BCUT2D eigenvalue weighted by molar-refractivity contribution is 7.13. The van der Waals surface area contributed by atoms with Gasteiger partial charge < -0.3 is 9.15 Å². The first kappa shape index (κ1) is 17.4. The maximum absolute atomic E-state index is 12.8. The molecule has 0 aliphatic rings.